The molecule has 0 amide bonds. The SMILES string of the molecule is CCn1ncc(NCC2CNCCO2)c(Br)c1=O. The Bertz CT molecular complexity index is 457. The zero-order valence-electron chi connectivity index (χ0n) is 10.3. The summed E-state index contributed by atoms with van der Waals surface area (Å²) in [6.07, 6.45) is 1.78. The Hall–Kier alpha value is -0.920. The highest BCUT2D eigenvalue weighted by Crippen LogP contribution is 2.16. The fourth-order valence-corrected chi connectivity index (χ4v) is 2.24. The van der Waals surface area contributed by atoms with Gasteiger partial charge >= 0.3 is 0 Å². The molecule has 6 nitrogen and oxygen atoms in total. The van der Waals surface area contributed by atoms with Crippen molar-refractivity contribution in [2.45, 2.75) is 19.6 Å². The van der Waals surface area contributed by atoms with E-state index in [4.69, 9.17) is 4.74 Å². The molecule has 2 N–H and O–H groups in total. The first-order valence-electron chi connectivity index (χ1n) is 6.04. The number of nitrogens with one attached hydrogen (secondary N) is 2. The topological polar surface area (TPSA) is 68.2 Å². The van der Waals surface area contributed by atoms with Crippen LogP contribution in [0.4, 0.5) is 5.69 Å². The molecule has 1 atom stereocenters. The molecular formula is C11H17BrN4O2. The van der Waals surface area contributed by atoms with Crippen molar-refractivity contribution in [2.24, 2.45) is 0 Å². The van der Waals surface area contributed by atoms with E-state index in [0.29, 0.717) is 23.2 Å². The van der Waals surface area contributed by atoms with Crippen LogP contribution in [-0.4, -0.2) is 42.1 Å². The van der Waals surface area contributed by atoms with Gasteiger partial charge in [-0.15, -0.1) is 0 Å². The predicted octanol–water partition coefficient (Wildman–Crippen LogP) is 0.426. The van der Waals surface area contributed by atoms with E-state index in [2.05, 4.69) is 31.7 Å². The van der Waals surface area contributed by atoms with Gasteiger partial charge in [-0.25, -0.2) is 4.68 Å². The van der Waals surface area contributed by atoms with E-state index in [1.807, 2.05) is 6.92 Å². The number of hydrogen-bond acceptors (Lipinski definition) is 5. The minimum Gasteiger partial charge on any atom is -0.380 e. The van der Waals surface area contributed by atoms with E-state index < -0.39 is 0 Å². The van der Waals surface area contributed by atoms with Crippen LogP contribution in [-0.2, 0) is 11.3 Å². The highest BCUT2D eigenvalue weighted by Gasteiger charge is 2.14. The van der Waals surface area contributed by atoms with Gasteiger partial charge in [-0.1, -0.05) is 0 Å². The van der Waals surface area contributed by atoms with Crippen LogP contribution in [0.25, 0.3) is 0 Å². The molecule has 0 saturated carbocycles. The van der Waals surface area contributed by atoms with Crippen molar-refractivity contribution in [3.8, 4) is 0 Å². The van der Waals surface area contributed by atoms with Gasteiger partial charge in [0.2, 0.25) is 0 Å². The predicted molar refractivity (Wildman–Crippen MR) is 73.0 cm³/mol. The van der Waals surface area contributed by atoms with Crippen molar-refractivity contribution < 1.29 is 4.74 Å². The standard InChI is InChI=1S/C11H17BrN4O2/c1-2-16-11(17)10(12)9(7-15-16)14-6-8-5-13-3-4-18-8/h7-8,13-14H,2-6H2,1H3. The maximum atomic E-state index is 11.8. The maximum Gasteiger partial charge on any atom is 0.283 e. The van der Waals surface area contributed by atoms with Gasteiger partial charge in [-0.2, -0.15) is 5.10 Å². The number of morpholine rings is 1. The molecule has 1 unspecified atom stereocenters. The summed E-state index contributed by atoms with van der Waals surface area (Å²) >= 11 is 3.30. The average molecular weight is 317 g/mol. The fourth-order valence-electron chi connectivity index (χ4n) is 1.79. The fraction of sp³-hybridized carbons (Fsp3) is 0.636. The molecule has 0 radical (unpaired) electrons. The summed E-state index contributed by atoms with van der Waals surface area (Å²) < 4.78 is 7.50. The molecule has 2 rings (SSSR count). The van der Waals surface area contributed by atoms with Gasteiger partial charge in [0, 0.05) is 26.2 Å². The second-order valence-electron chi connectivity index (χ2n) is 4.07. The van der Waals surface area contributed by atoms with Crippen molar-refractivity contribution in [2.75, 3.05) is 31.6 Å². The lowest BCUT2D eigenvalue weighted by molar-refractivity contribution is 0.0372. The lowest BCUT2D eigenvalue weighted by Crippen LogP contribution is -2.42. The van der Waals surface area contributed by atoms with Crippen LogP contribution in [0.3, 0.4) is 0 Å². The van der Waals surface area contributed by atoms with E-state index in [1.54, 1.807) is 6.20 Å². The van der Waals surface area contributed by atoms with E-state index in [1.165, 1.54) is 4.68 Å². The molecule has 1 saturated heterocycles. The third-order valence-electron chi connectivity index (χ3n) is 2.81. The summed E-state index contributed by atoms with van der Waals surface area (Å²) in [5.74, 6) is 0. The summed E-state index contributed by atoms with van der Waals surface area (Å²) in [7, 11) is 0. The zero-order valence-corrected chi connectivity index (χ0v) is 11.9. The van der Waals surface area contributed by atoms with Crippen LogP contribution >= 0.6 is 15.9 Å². The van der Waals surface area contributed by atoms with Crippen LogP contribution in [0.5, 0.6) is 0 Å². The molecule has 0 bridgehead atoms. The van der Waals surface area contributed by atoms with Crippen molar-refractivity contribution >= 4 is 21.6 Å². The minimum atomic E-state index is -0.120. The molecule has 1 aromatic heterocycles. The quantitative estimate of drug-likeness (QED) is 0.843. The van der Waals surface area contributed by atoms with Gasteiger partial charge in [-0.05, 0) is 22.9 Å². The molecule has 1 aliphatic heterocycles. The molecule has 1 fully saturated rings. The Morgan fingerprint density at radius 3 is 3.22 bits per heavy atom. The molecule has 0 spiro atoms. The molecular weight excluding hydrogens is 300 g/mol. The molecule has 100 valence electrons. The Balaban J connectivity index is 2.01. The molecule has 0 aromatic carbocycles. The van der Waals surface area contributed by atoms with E-state index in [9.17, 15) is 4.79 Å². The molecule has 1 aliphatic rings. The van der Waals surface area contributed by atoms with Crippen molar-refractivity contribution in [3.05, 3.63) is 21.0 Å². The van der Waals surface area contributed by atoms with Crippen LogP contribution in [0.2, 0.25) is 0 Å². The van der Waals surface area contributed by atoms with Crippen molar-refractivity contribution in [1.29, 1.82) is 0 Å². The number of rotatable bonds is 4. The van der Waals surface area contributed by atoms with Gasteiger partial charge in [0.05, 0.1) is 24.6 Å². The number of nitrogens with zero attached hydrogens (tertiary/aromatic N) is 2. The highest BCUT2D eigenvalue weighted by atomic mass is 79.9. The van der Waals surface area contributed by atoms with Crippen LogP contribution < -0.4 is 16.2 Å². The van der Waals surface area contributed by atoms with Crippen LogP contribution in [0.1, 0.15) is 6.92 Å². The number of aromatic nitrogens is 2. The maximum absolute atomic E-state index is 11.8. The Labute approximate surface area is 114 Å². The normalized spacial score (nSPS) is 19.8. The number of anilines is 1. The monoisotopic (exact) mass is 316 g/mol. The third-order valence-corrected chi connectivity index (χ3v) is 3.58. The smallest absolute Gasteiger partial charge is 0.283 e. The summed E-state index contributed by atoms with van der Waals surface area (Å²) in [4.78, 5) is 11.8. The largest absolute Gasteiger partial charge is 0.380 e. The van der Waals surface area contributed by atoms with E-state index >= 15 is 0 Å². The van der Waals surface area contributed by atoms with Gasteiger partial charge in [-0.3, -0.25) is 4.79 Å². The lowest BCUT2D eigenvalue weighted by atomic mass is 10.3. The second-order valence-corrected chi connectivity index (χ2v) is 4.86. The number of aryl methyl sites for hydroxylation is 1. The molecule has 7 heteroatoms. The summed E-state index contributed by atoms with van der Waals surface area (Å²) in [6, 6.07) is 0. The van der Waals surface area contributed by atoms with E-state index in [-0.39, 0.29) is 11.7 Å². The van der Waals surface area contributed by atoms with E-state index in [0.717, 1.165) is 19.7 Å². The molecule has 18 heavy (non-hydrogen) atoms. The van der Waals surface area contributed by atoms with Crippen molar-refractivity contribution in [1.82, 2.24) is 15.1 Å². The summed E-state index contributed by atoms with van der Waals surface area (Å²) in [5, 5.41) is 10.5. The summed E-state index contributed by atoms with van der Waals surface area (Å²) in [5.41, 5.74) is 0.587. The van der Waals surface area contributed by atoms with Gasteiger partial charge in [0.1, 0.15) is 4.47 Å². The second kappa shape index (κ2) is 6.31. The first-order valence-corrected chi connectivity index (χ1v) is 6.83. The third kappa shape index (κ3) is 3.09. The van der Waals surface area contributed by atoms with Gasteiger partial charge < -0.3 is 15.4 Å². The Kier molecular flexibility index (Phi) is 4.73. The minimum absolute atomic E-state index is 0.120. The average Bonchev–Trinajstić information content (AvgIpc) is 2.42. The first-order chi connectivity index (χ1) is 8.72. The Morgan fingerprint density at radius 2 is 2.56 bits per heavy atom. The van der Waals surface area contributed by atoms with Crippen LogP contribution in [0.15, 0.2) is 15.5 Å². The first kappa shape index (κ1) is 13.5. The highest BCUT2D eigenvalue weighted by molar-refractivity contribution is 9.10. The molecule has 0 aliphatic carbocycles. The lowest BCUT2D eigenvalue weighted by Gasteiger charge is -2.24. The zero-order chi connectivity index (χ0) is 13.0. The van der Waals surface area contributed by atoms with Crippen LogP contribution in [0, 0.1) is 0 Å². The number of ether oxygens (including phenoxy) is 1. The van der Waals surface area contributed by atoms with Gasteiger partial charge in [0.15, 0.2) is 0 Å². The molecule has 1 aromatic rings. The number of halogens is 1. The Morgan fingerprint density at radius 1 is 1.72 bits per heavy atom. The van der Waals surface area contributed by atoms with Crippen molar-refractivity contribution in [3.63, 3.8) is 0 Å². The summed E-state index contributed by atoms with van der Waals surface area (Å²) in [6.45, 7) is 5.55. The molecule has 2 heterocycles. The van der Waals surface area contributed by atoms with Gasteiger partial charge in [0.25, 0.3) is 5.56 Å². The number of hydrogen-bond donors (Lipinski definition) is 2.